The van der Waals surface area contributed by atoms with Gasteiger partial charge in [-0.25, -0.2) is 0 Å². The summed E-state index contributed by atoms with van der Waals surface area (Å²) < 4.78 is 5.90. The summed E-state index contributed by atoms with van der Waals surface area (Å²) in [4.78, 5) is 27.7. The van der Waals surface area contributed by atoms with Gasteiger partial charge in [-0.05, 0) is 38.9 Å². The quantitative estimate of drug-likeness (QED) is 0.902. The van der Waals surface area contributed by atoms with Crippen molar-refractivity contribution < 1.29 is 14.0 Å². The van der Waals surface area contributed by atoms with Gasteiger partial charge in [0.1, 0.15) is 11.3 Å². The molecule has 2 heterocycles. The molecule has 2 N–H and O–H groups in total. The first-order valence-electron chi connectivity index (χ1n) is 8.71. The Balaban J connectivity index is 1.63. The molecule has 0 radical (unpaired) electrons. The average molecular weight is 343 g/mol. The van der Waals surface area contributed by atoms with Gasteiger partial charge in [-0.15, -0.1) is 0 Å². The zero-order chi connectivity index (χ0) is 18.0. The zero-order valence-electron chi connectivity index (χ0n) is 14.8. The highest BCUT2D eigenvalue weighted by molar-refractivity contribution is 5.81. The summed E-state index contributed by atoms with van der Waals surface area (Å²) in [5.74, 6) is 0.318. The van der Waals surface area contributed by atoms with Crippen molar-refractivity contribution in [2.45, 2.75) is 25.8 Å². The Bertz CT molecular complexity index is 737. The van der Waals surface area contributed by atoms with Gasteiger partial charge in [-0.3, -0.25) is 14.5 Å². The van der Waals surface area contributed by atoms with E-state index in [1.807, 2.05) is 49.2 Å². The van der Waals surface area contributed by atoms with Crippen molar-refractivity contribution in [3.63, 3.8) is 0 Å². The third-order valence-corrected chi connectivity index (χ3v) is 5.08. The standard InChI is InChI=1S/C19H25N3O3/c1-13(17-10-14-6-3-4-8-16(14)25-17)21(2)12-18(23)22-9-5-7-15(11-22)19(20)24/h3-4,6,8,10,13,15H,5,7,9,11-12H2,1-2H3,(H2,20,24). The van der Waals surface area contributed by atoms with Gasteiger partial charge < -0.3 is 15.1 Å². The van der Waals surface area contributed by atoms with E-state index in [9.17, 15) is 9.59 Å². The second-order valence-corrected chi connectivity index (χ2v) is 6.86. The molecular formula is C19H25N3O3. The van der Waals surface area contributed by atoms with Crippen LogP contribution in [0.4, 0.5) is 0 Å². The molecule has 6 heteroatoms. The van der Waals surface area contributed by atoms with Crippen LogP contribution < -0.4 is 5.73 Å². The molecule has 25 heavy (non-hydrogen) atoms. The van der Waals surface area contributed by atoms with Crippen LogP contribution in [0.15, 0.2) is 34.7 Å². The van der Waals surface area contributed by atoms with Gasteiger partial charge in [0.25, 0.3) is 0 Å². The van der Waals surface area contributed by atoms with Crippen molar-refractivity contribution in [2.75, 3.05) is 26.7 Å². The van der Waals surface area contributed by atoms with Crippen molar-refractivity contribution in [1.82, 2.24) is 9.80 Å². The lowest BCUT2D eigenvalue weighted by Gasteiger charge is -2.33. The largest absolute Gasteiger partial charge is 0.459 e. The molecule has 1 aromatic heterocycles. The number of primary amides is 1. The number of para-hydroxylation sites is 1. The van der Waals surface area contributed by atoms with Gasteiger partial charge in [-0.1, -0.05) is 18.2 Å². The molecule has 1 aliphatic rings. The molecule has 1 aliphatic heterocycles. The molecule has 0 aliphatic carbocycles. The third kappa shape index (κ3) is 3.85. The summed E-state index contributed by atoms with van der Waals surface area (Å²) in [6.45, 7) is 3.42. The minimum atomic E-state index is -0.318. The number of amides is 2. The predicted molar refractivity (Wildman–Crippen MR) is 95.8 cm³/mol. The molecule has 134 valence electrons. The van der Waals surface area contributed by atoms with Gasteiger partial charge in [0.2, 0.25) is 11.8 Å². The van der Waals surface area contributed by atoms with E-state index in [1.54, 1.807) is 4.90 Å². The Hall–Kier alpha value is -2.34. The monoisotopic (exact) mass is 343 g/mol. The Morgan fingerprint density at radius 3 is 2.88 bits per heavy atom. The van der Waals surface area contributed by atoms with E-state index in [1.165, 1.54) is 0 Å². The maximum Gasteiger partial charge on any atom is 0.236 e. The Morgan fingerprint density at radius 2 is 2.16 bits per heavy atom. The third-order valence-electron chi connectivity index (χ3n) is 5.08. The summed E-state index contributed by atoms with van der Waals surface area (Å²) in [6, 6.07) is 9.87. The number of hydrogen-bond acceptors (Lipinski definition) is 4. The highest BCUT2D eigenvalue weighted by Gasteiger charge is 2.28. The lowest BCUT2D eigenvalue weighted by atomic mass is 9.97. The van der Waals surface area contributed by atoms with E-state index < -0.39 is 0 Å². The Morgan fingerprint density at radius 1 is 1.40 bits per heavy atom. The second kappa shape index (κ2) is 7.27. The van der Waals surface area contributed by atoms with Gasteiger partial charge >= 0.3 is 0 Å². The van der Waals surface area contributed by atoms with Crippen LogP contribution in [0.3, 0.4) is 0 Å². The number of benzene rings is 1. The average Bonchev–Trinajstić information content (AvgIpc) is 3.05. The molecule has 1 saturated heterocycles. The van der Waals surface area contributed by atoms with Crippen molar-refractivity contribution in [3.8, 4) is 0 Å². The first kappa shape index (κ1) is 17.5. The number of hydrogen-bond donors (Lipinski definition) is 1. The molecule has 0 bridgehead atoms. The van der Waals surface area contributed by atoms with Crippen LogP contribution in [0, 0.1) is 5.92 Å². The lowest BCUT2D eigenvalue weighted by molar-refractivity contribution is -0.136. The van der Waals surface area contributed by atoms with Gasteiger partial charge in [0.05, 0.1) is 18.5 Å². The molecule has 6 nitrogen and oxygen atoms in total. The molecular weight excluding hydrogens is 318 g/mol. The number of rotatable bonds is 5. The number of furan rings is 1. The number of carbonyl (C=O) groups excluding carboxylic acids is 2. The van der Waals surface area contributed by atoms with Gasteiger partial charge in [-0.2, -0.15) is 0 Å². The molecule has 1 fully saturated rings. The maximum atomic E-state index is 12.6. The van der Waals surface area contributed by atoms with Crippen LogP contribution >= 0.6 is 0 Å². The number of nitrogens with zero attached hydrogens (tertiary/aromatic N) is 2. The summed E-state index contributed by atoms with van der Waals surface area (Å²) >= 11 is 0. The number of piperidine rings is 1. The van der Waals surface area contributed by atoms with Crippen molar-refractivity contribution in [2.24, 2.45) is 11.7 Å². The molecule has 1 aromatic carbocycles. The number of nitrogens with two attached hydrogens (primary N) is 1. The van der Waals surface area contributed by atoms with Gasteiger partial charge in [0, 0.05) is 18.5 Å². The van der Waals surface area contributed by atoms with E-state index in [-0.39, 0.29) is 30.3 Å². The van der Waals surface area contributed by atoms with Crippen LogP contribution in [-0.2, 0) is 9.59 Å². The number of carbonyl (C=O) groups is 2. The minimum Gasteiger partial charge on any atom is -0.459 e. The Labute approximate surface area is 147 Å². The molecule has 2 aromatic rings. The second-order valence-electron chi connectivity index (χ2n) is 6.86. The van der Waals surface area contributed by atoms with E-state index >= 15 is 0 Å². The fourth-order valence-corrected chi connectivity index (χ4v) is 3.31. The number of likely N-dealkylation sites (tertiary alicyclic amines) is 1. The van der Waals surface area contributed by atoms with Crippen LogP contribution in [0.2, 0.25) is 0 Å². The molecule has 2 atom stereocenters. The predicted octanol–water partition coefficient (Wildman–Crippen LogP) is 2.15. The topological polar surface area (TPSA) is 79.8 Å². The van der Waals surface area contributed by atoms with E-state index in [4.69, 9.17) is 10.2 Å². The summed E-state index contributed by atoms with van der Waals surface area (Å²) in [6.07, 6.45) is 1.59. The van der Waals surface area contributed by atoms with Crippen molar-refractivity contribution in [3.05, 3.63) is 36.1 Å². The Kier molecular flexibility index (Phi) is 5.08. The smallest absolute Gasteiger partial charge is 0.236 e. The minimum absolute atomic E-state index is 0.0203. The fourth-order valence-electron chi connectivity index (χ4n) is 3.31. The van der Waals surface area contributed by atoms with Crippen molar-refractivity contribution in [1.29, 1.82) is 0 Å². The van der Waals surface area contributed by atoms with E-state index in [0.29, 0.717) is 13.1 Å². The van der Waals surface area contributed by atoms with Crippen LogP contribution in [0.25, 0.3) is 11.0 Å². The molecule has 3 rings (SSSR count). The number of fused-ring (bicyclic) bond motifs is 1. The summed E-state index contributed by atoms with van der Waals surface area (Å²) in [7, 11) is 1.91. The van der Waals surface area contributed by atoms with E-state index in [0.717, 1.165) is 29.6 Å². The normalized spacial score (nSPS) is 19.3. The molecule has 0 saturated carbocycles. The highest BCUT2D eigenvalue weighted by atomic mass is 16.3. The van der Waals surface area contributed by atoms with Crippen LogP contribution in [0.5, 0.6) is 0 Å². The molecule has 2 unspecified atom stereocenters. The molecule has 0 spiro atoms. The molecule has 2 amide bonds. The first-order chi connectivity index (χ1) is 12.0. The maximum absolute atomic E-state index is 12.6. The van der Waals surface area contributed by atoms with Gasteiger partial charge in [0.15, 0.2) is 0 Å². The van der Waals surface area contributed by atoms with Crippen molar-refractivity contribution >= 4 is 22.8 Å². The lowest BCUT2D eigenvalue weighted by Crippen LogP contribution is -2.47. The summed E-state index contributed by atoms with van der Waals surface area (Å²) in [5, 5.41) is 1.06. The summed E-state index contributed by atoms with van der Waals surface area (Å²) in [5.41, 5.74) is 6.24. The fraction of sp³-hybridized carbons (Fsp3) is 0.474. The zero-order valence-corrected chi connectivity index (χ0v) is 14.8. The highest BCUT2D eigenvalue weighted by Crippen LogP contribution is 2.26. The SMILES string of the molecule is CC(c1cc2ccccc2o1)N(C)CC(=O)N1CCCC(C(N)=O)C1. The van der Waals surface area contributed by atoms with Crippen LogP contribution in [0.1, 0.15) is 31.6 Å². The first-order valence-corrected chi connectivity index (χ1v) is 8.71. The number of likely N-dealkylation sites (N-methyl/N-ethyl adjacent to an activating group) is 1. The van der Waals surface area contributed by atoms with Crippen LogP contribution in [-0.4, -0.2) is 48.3 Å². The van der Waals surface area contributed by atoms with E-state index in [2.05, 4.69) is 0 Å².